The Balaban J connectivity index is 1.85. The molecule has 0 saturated carbocycles. The number of benzene rings is 1. The number of nitrogen functional groups attached to an aromatic ring is 1. The summed E-state index contributed by atoms with van der Waals surface area (Å²) in [6.07, 6.45) is 2.02. The quantitative estimate of drug-likeness (QED) is 0.817. The lowest BCUT2D eigenvalue weighted by Gasteiger charge is -2.25. The van der Waals surface area contributed by atoms with Gasteiger partial charge in [0.15, 0.2) is 0 Å². The summed E-state index contributed by atoms with van der Waals surface area (Å²) in [5.41, 5.74) is 10.8. The summed E-state index contributed by atoms with van der Waals surface area (Å²) in [5.74, 6) is 1.37. The Hall–Kier alpha value is -2.14. The summed E-state index contributed by atoms with van der Waals surface area (Å²) in [6.45, 7) is 2.73. The van der Waals surface area contributed by atoms with Gasteiger partial charge in [-0.1, -0.05) is 18.2 Å². The summed E-state index contributed by atoms with van der Waals surface area (Å²) < 4.78 is 0. The molecule has 5 nitrogen and oxygen atoms in total. The summed E-state index contributed by atoms with van der Waals surface area (Å²) in [5, 5.41) is 3.34. The van der Waals surface area contributed by atoms with E-state index in [0.717, 1.165) is 44.0 Å². The van der Waals surface area contributed by atoms with Crippen molar-refractivity contribution in [3.63, 3.8) is 0 Å². The zero-order chi connectivity index (χ0) is 13.5. The molecule has 2 aliphatic heterocycles. The van der Waals surface area contributed by atoms with Gasteiger partial charge in [-0.05, 0) is 31.0 Å². The number of nitrogens with two attached hydrogens (primary N) is 1. The van der Waals surface area contributed by atoms with Gasteiger partial charge in [0.05, 0.1) is 5.69 Å². The Bertz CT molecular complexity index is 667. The average Bonchev–Trinajstić information content (AvgIpc) is 2.90. The molecule has 0 aliphatic carbocycles. The van der Waals surface area contributed by atoms with Gasteiger partial charge in [-0.25, -0.2) is 4.98 Å². The summed E-state index contributed by atoms with van der Waals surface area (Å²) >= 11 is 0. The highest BCUT2D eigenvalue weighted by Crippen LogP contribution is 2.36. The molecular formula is C15H17N5. The lowest BCUT2D eigenvalue weighted by atomic mass is 10.1. The van der Waals surface area contributed by atoms with Crippen LogP contribution in [0, 0.1) is 0 Å². The van der Waals surface area contributed by atoms with Gasteiger partial charge in [0, 0.05) is 24.3 Å². The summed E-state index contributed by atoms with van der Waals surface area (Å²) in [7, 11) is 0. The van der Waals surface area contributed by atoms with Crippen LogP contribution in [-0.2, 0) is 19.4 Å². The van der Waals surface area contributed by atoms with Gasteiger partial charge in [-0.15, -0.1) is 0 Å². The Kier molecular flexibility index (Phi) is 2.60. The van der Waals surface area contributed by atoms with Crippen LogP contribution in [-0.4, -0.2) is 23.1 Å². The fourth-order valence-corrected chi connectivity index (χ4v) is 3.14. The van der Waals surface area contributed by atoms with Gasteiger partial charge < -0.3 is 16.0 Å². The molecular weight excluding hydrogens is 250 g/mol. The van der Waals surface area contributed by atoms with Crippen LogP contribution in [0.25, 0.3) is 0 Å². The monoisotopic (exact) mass is 267 g/mol. The van der Waals surface area contributed by atoms with Gasteiger partial charge in [0.1, 0.15) is 5.82 Å². The fraction of sp³-hybridized carbons (Fsp3) is 0.333. The van der Waals surface area contributed by atoms with Gasteiger partial charge in [-0.2, -0.15) is 4.98 Å². The molecule has 0 saturated heterocycles. The van der Waals surface area contributed by atoms with Gasteiger partial charge in [0.2, 0.25) is 5.95 Å². The minimum atomic E-state index is 0.367. The van der Waals surface area contributed by atoms with Crippen molar-refractivity contribution >= 4 is 17.5 Å². The van der Waals surface area contributed by atoms with E-state index < -0.39 is 0 Å². The first-order chi connectivity index (χ1) is 9.83. The van der Waals surface area contributed by atoms with E-state index in [0.29, 0.717) is 5.95 Å². The number of hydrogen-bond donors (Lipinski definition) is 2. The highest BCUT2D eigenvalue weighted by Gasteiger charge is 2.26. The molecule has 0 fully saturated rings. The predicted molar refractivity (Wildman–Crippen MR) is 79.0 cm³/mol. The largest absolute Gasteiger partial charge is 0.368 e. The topological polar surface area (TPSA) is 67.1 Å². The molecule has 1 aromatic carbocycles. The van der Waals surface area contributed by atoms with Crippen LogP contribution in [0.3, 0.4) is 0 Å². The SMILES string of the molecule is Nc1nc2c(c(N3CCc4ccccc43)n1)CCNC2. The predicted octanol–water partition coefficient (Wildman–Crippen LogP) is 1.40. The Labute approximate surface area is 117 Å². The molecule has 5 heteroatoms. The first kappa shape index (κ1) is 11.7. The molecule has 20 heavy (non-hydrogen) atoms. The number of fused-ring (bicyclic) bond motifs is 2. The third-order valence-corrected chi connectivity index (χ3v) is 4.08. The van der Waals surface area contributed by atoms with E-state index in [1.54, 1.807) is 0 Å². The zero-order valence-corrected chi connectivity index (χ0v) is 11.3. The normalized spacial score (nSPS) is 16.9. The highest BCUT2D eigenvalue weighted by molar-refractivity contribution is 5.70. The lowest BCUT2D eigenvalue weighted by molar-refractivity contribution is 0.623. The van der Waals surface area contributed by atoms with E-state index in [1.807, 2.05) is 0 Å². The molecule has 0 spiro atoms. The summed E-state index contributed by atoms with van der Waals surface area (Å²) in [6, 6.07) is 8.52. The number of nitrogens with one attached hydrogen (secondary N) is 1. The fourth-order valence-electron chi connectivity index (χ4n) is 3.14. The van der Waals surface area contributed by atoms with Crippen LogP contribution in [0.2, 0.25) is 0 Å². The molecule has 2 aliphatic rings. The Morgan fingerprint density at radius 3 is 3.00 bits per heavy atom. The van der Waals surface area contributed by atoms with E-state index >= 15 is 0 Å². The molecule has 0 amide bonds. The molecule has 2 aromatic rings. The van der Waals surface area contributed by atoms with E-state index in [9.17, 15) is 0 Å². The van der Waals surface area contributed by atoms with Crippen molar-refractivity contribution < 1.29 is 0 Å². The van der Waals surface area contributed by atoms with Crippen molar-refractivity contribution in [3.05, 3.63) is 41.1 Å². The van der Waals surface area contributed by atoms with Crippen LogP contribution in [0.15, 0.2) is 24.3 Å². The lowest BCUT2D eigenvalue weighted by Crippen LogP contribution is -2.28. The van der Waals surface area contributed by atoms with E-state index in [-0.39, 0.29) is 0 Å². The second-order valence-corrected chi connectivity index (χ2v) is 5.29. The van der Waals surface area contributed by atoms with E-state index in [2.05, 4.69) is 44.5 Å². The van der Waals surface area contributed by atoms with Crippen LogP contribution in [0.1, 0.15) is 16.8 Å². The zero-order valence-electron chi connectivity index (χ0n) is 11.3. The molecule has 1 aromatic heterocycles. The molecule has 0 bridgehead atoms. The first-order valence-corrected chi connectivity index (χ1v) is 7.04. The smallest absolute Gasteiger partial charge is 0.222 e. The van der Waals surface area contributed by atoms with E-state index in [4.69, 9.17) is 5.73 Å². The van der Waals surface area contributed by atoms with Crippen LogP contribution >= 0.6 is 0 Å². The number of hydrogen-bond acceptors (Lipinski definition) is 5. The van der Waals surface area contributed by atoms with Crippen molar-refractivity contribution in [1.82, 2.24) is 15.3 Å². The van der Waals surface area contributed by atoms with Crippen molar-refractivity contribution in [3.8, 4) is 0 Å². The standard InChI is InChI=1S/C15H17N5/c16-15-18-12-9-17-7-5-11(12)14(19-15)20-8-6-10-3-1-2-4-13(10)20/h1-4,17H,5-9H2,(H2,16,18,19). The average molecular weight is 267 g/mol. The van der Waals surface area contributed by atoms with Gasteiger partial charge in [0.25, 0.3) is 0 Å². The molecule has 0 atom stereocenters. The molecule has 3 heterocycles. The number of para-hydroxylation sites is 1. The first-order valence-electron chi connectivity index (χ1n) is 7.04. The van der Waals surface area contributed by atoms with Crippen molar-refractivity contribution in [2.75, 3.05) is 23.7 Å². The molecule has 4 rings (SSSR count). The van der Waals surface area contributed by atoms with Crippen molar-refractivity contribution in [2.24, 2.45) is 0 Å². The van der Waals surface area contributed by atoms with Crippen LogP contribution in [0.5, 0.6) is 0 Å². The highest BCUT2D eigenvalue weighted by atomic mass is 15.2. The maximum atomic E-state index is 5.89. The number of anilines is 3. The maximum Gasteiger partial charge on any atom is 0.222 e. The van der Waals surface area contributed by atoms with Gasteiger partial charge in [-0.3, -0.25) is 0 Å². The van der Waals surface area contributed by atoms with Crippen molar-refractivity contribution in [1.29, 1.82) is 0 Å². The Morgan fingerprint density at radius 2 is 2.05 bits per heavy atom. The molecule has 102 valence electrons. The van der Waals surface area contributed by atoms with E-state index in [1.165, 1.54) is 16.8 Å². The van der Waals surface area contributed by atoms with Crippen molar-refractivity contribution in [2.45, 2.75) is 19.4 Å². The Morgan fingerprint density at radius 1 is 1.15 bits per heavy atom. The second-order valence-electron chi connectivity index (χ2n) is 5.29. The van der Waals surface area contributed by atoms with Crippen LogP contribution < -0.4 is 16.0 Å². The third-order valence-electron chi connectivity index (χ3n) is 4.08. The number of aromatic nitrogens is 2. The van der Waals surface area contributed by atoms with Crippen LogP contribution in [0.4, 0.5) is 17.5 Å². The maximum absolute atomic E-state index is 5.89. The van der Waals surface area contributed by atoms with Gasteiger partial charge >= 0.3 is 0 Å². The molecule has 3 N–H and O–H groups in total. The molecule has 0 radical (unpaired) electrons. The number of nitrogens with zero attached hydrogens (tertiary/aromatic N) is 3. The minimum Gasteiger partial charge on any atom is -0.368 e. The third kappa shape index (κ3) is 1.74. The minimum absolute atomic E-state index is 0.367. The second kappa shape index (κ2) is 4.45. The number of rotatable bonds is 1. The summed E-state index contributed by atoms with van der Waals surface area (Å²) in [4.78, 5) is 11.2. The molecule has 0 unspecified atom stereocenters.